The van der Waals surface area contributed by atoms with Crippen LogP contribution in [0.5, 0.6) is 5.75 Å². The fraction of sp³-hybridized carbons (Fsp3) is 0.333. The van der Waals surface area contributed by atoms with E-state index in [4.69, 9.17) is 9.47 Å². The Morgan fingerprint density at radius 3 is 2.69 bits per heavy atom. The molecule has 0 N–H and O–H groups in total. The van der Waals surface area contributed by atoms with Gasteiger partial charge in [0.15, 0.2) is 11.6 Å². The molecule has 0 saturated carbocycles. The van der Waals surface area contributed by atoms with Gasteiger partial charge in [-0.1, -0.05) is 36.4 Å². The van der Waals surface area contributed by atoms with Crippen molar-refractivity contribution in [3.8, 4) is 5.75 Å². The van der Waals surface area contributed by atoms with Crippen molar-refractivity contribution < 1.29 is 18.3 Å². The smallest absolute Gasteiger partial charge is 0.200 e. The predicted molar refractivity (Wildman–Crippen MR) is 95.9 cm³/mol. The van der Waals surface area contributed by atoms with Gasteiger partial charge in [-0.15, -0.1) is 0 Å². The van der Waals surface area contributed by atoms with Gasteiger partial charge in [0.1, 0.15) is 0 Å². The van der Waals surface area contributed by atoms with Crippen molar-refractivity contribution in [3.63, 3.8) is 0 Å². The molecule has 1 fully saturated rings. The molecule has 4 rings (SSSR count). The summed E-state index contributed by atoms with van der Waals surface area (Å²) in [6.07, 6.45) is 2.85. The molecule has 26 heavy (non-hydrogen) atoms. The number of nitrogens with zero attached hydrogens (tertiary/aromatic N) is 1. The number of rotatable bonds is 4. The normalized spacial score (nSPS) is 22.8. The van der Waals surface area contributed by atoms with Crippen molar-refractivity contribution in [1.82, 2.24) is 4.90 Å². The van der Waals surface area contributed by atoms with E-state index in [1.165, 1.54) is 18.7 Å². The number of morpholine rings is 1. The summed E-state index contributed by atoms with van der Waals surface area (Å²) < 4.78 is 38.4. The standard InChI is InChI=1S/C21H21F2NO2/c1-25-20-10-16(9-19(22)21(20)23)15-7-17-12-26-13-18(8-15)24(17)11-14-5-3-2-4-6-14/h2-7,9-10,17-18H,8,11-13H2,1H3. The second kappa shape index (κ2) is 7.17. The molecule has 3 nitrogen and oxygen atoms in total. The molecule has 2 bridgehead atoms. The molecule has 2 heterocycles. The Labute approximate surface area is 151 Å². The number of halogens is 2. The van der Waals surface area contributed by atoms with E-state index in [-0.39, 0.29) is 17.8 Å². The zero-order chi connectivity index (χ0) is 18.1. The number of hydrogen-bond donors (Lipinski definition) is 0. The van der Waals surface area contributed by atoms with E-state index in [0.29, 0.717) is 18.8 Å². The van der Waals surface area contributed by atoms with Crippen LogP contribution < -0.4 is 4.74 Å². The summed E-state index contributed by atoms with van der Waals surface area (Å²) >= 11 is 0. The number of methoxy groups -OCH3 is 1. The van der Waals surface area contributed by atoms with Crippen molar-refractivity contribution in [2.75, 3.05) is 20.3 Å². The lowest BCUT2D eigenvalue weighted by molar-refractivity contribution is -0.0402. The predicted octanol–water partition coefficient (Wildman–Crippen LogP) is 4.03. The van der Waals surface area contributed by atoms with Crippen LogP contribution >= 0.6 is 0 Å². The quantitative estimate of drug-likeness (QED) is 0.825. The molecule has 0 spiro atoms. The highest BCUT2D eigenvalue weighted by Crippen LogP contribution is 2.35. The minimum Gasteiger partial charge on any atom is -0.494 e. The van der Waals surface area contributed by atoms with Gasteiger partial charge in [0.05, 0.1) is 26.4 Å². The van der Waals surface area contributed by atoms with Crippen LogP contribution in [0.1, 0.15) is 17.5 Å². The Morgan fingerprint density at radius 2 is 1.96 bits per heavy atom. The molecule has 2 unspecified atom stereocenters. The van der Waals surface area contributed by atoms with Crippen LogP contribution in [-0.2, 0) is 11.3 Å². The van der Waals surface area contributed by atoms with Gasteiger partial charge >= 0.3 is 0 Å². The van der Waals surface area contributed by atoms with Gasteiger partial charge in [-0.05, 0) is 35.3 Å². The average molecular weight is 357 g/mol. The number of ether oxygens (including phenoxy) is 2. The average Bonchev–Trinajstić information content (AvgIpc) is 2.64. The summed E-state index contributed by atoms with van der Waals surface area (Å²) in [7, 11) is 1.35. The monoisotopic (exact) mass is 357 g/mol. The number of fused-ring (bicyclic) bond motifs is 2. The maximum atomic E-state index is 13.9. The lowest BCUT2D eigenvalue weighted by Crippen LogP contribution is -2.53. The highest BCUT2D eigenvalue weighted by molar-refractivity contribution is 5.69. The topological polar surface area (TPSA) is 21.7 Å². The van der Waals surface area contributed by atoms with Crippen LogP contribution in [0.15, 0.2) is 48.5 Å². The summed E-state index contributed by atoms with van der Waals surface area (Å²) in [4.78, 5) is 2.43. The zero-order valence-electron chi connectivity index (χ0n) is 14.6. The van der Waals surface area contributed by atoms with E-state index in [1.54, 1.807) is 6.07 Å². The molecule has 0 amide bonds. The van der Waals surface area contributed by atoms with Gasteiger partial charge in [-0.25, -0.2) is 4.39 Å². The van der Waals surface area contributed by atoms with Crippen molar-refractivity contribution in [1.29, 1.82) is 0 Å². The van der Waals surface area contributed by atoms with E-state index < -0.39 is 11.6 Å². The second-order valence-electron chi connectivity index (χ2n) is 6.79. The first-order valence-corrected chi connectivity index (χ1v) is 8.77. The molecule has 2 aliphatic rings. The highest BCUT2D eigenvalue weighted by atomic mass is 19.2. The molecular formula is C21H21F2NO2. The summed E-state index contributed by atoms with van der Waals surface area (Å²) in [5, 5.41) is 0. The molecular weight excluding hydrogens is 336 g/mol. The molecule has 5 heteroatoms. The van der Waals surface area contributed by atoms with Gasteiger partial charge < -0.3 is 9.47 Å². The molecule has 0 aromatic heterocycles. The van der Waals surface area contributed by atoms with Crippen LogP contribution in [0.4, 0.5) is 8.78 Å². The Morgan fingerprint density at radius 1 is 1.15 bits per heavy atom. The lowest BCUT2D eigenvalue weighted by Gasteiger charge is -2.44. The van der Waals surface area contributed by atoms with Crippen LogP contribution in [-0.4, -0.2) is 37.3 Å². The van der Waals surface area contributed by atoms with Crippen LogP contribution in [0, 0.1) is 11.6 Å². The van der Waals surface area contributed by atoms with Gasteiger partial charge in [0.25, 0.3) is 0 Å². The van der Waals surface area contributed by atoms with E-state index >= 15 is 0 Å². The lowest BCUT2D eigenvalue weighted by atomic mass is 9.89. The van der Waals surface area contributed by atoms with Crippen LogP contribution in [0.25, 0.3) is 5.57 Å². The molecule has 2 aliphatic heterocycles. The second-order valence-corrected chi connectivity index (χ2v) is 6.79. The summed E-state index contributed by atoms with van der Waals surface area (Å²) in [6, 6.07) is 13.5. The summed E-state index contributed by atoms with van der Waals surface area (Å²) in [5.74, 6) is -1.88. The Kier molecular flexibility index (Phi) is 4.74. The third-order valence-electron chi connectivity index (χ3n) is 5.14. The largest absolute Gasteiger partial charge is 0.494 e. The minimum absolute atomic E-state index is 0.0611. The van der Waals surface area contributed by atoms with E-state index in [9.17, 15) is 8.78 Å². The van der Waals surface area contributed by atoms with Crippen molar-refractivity contribution in [2.45, 2.75) is 25.0 Å². The molecule has 136 valence electrons. The van der Waals surface area contributed by atoms with Gasteiger partial charge in [-0.2, -0.15) is 4.39 Å². The number of hydrogen-bond acceptors (Lipinski definition) is 3. The summed E-state index contributed by atoms with van der Waals surface area (Å²) in [5.41, 5.74) is 2.96. The first-order chi connectivity index (χ1) is 12.7. The van der Waals surface area contributed by atoms with Crippen molar-refractivity contribution in [2.24, 2.45) is 0 Å². The SMILES string of the molecule is COc1cc(C2=CC3COCC(C2)N3Cc2ccccc2)cc(F)c1F. The molecule has 0 radical (unpaired) electrons. The third kappa shape index (κ3) is 3.24. The Balaban J connectivity index is 1.63. The van der Waals surface area contributed by atoms with Crippen LogP contribution in [0.3, 0.4) is 0 Å². The van der Waals surface area contributed by atoms with Crippen LogP contribution in [0.2, 0.25) is 0 Å². The number of benzene rings is 2. The first-order valence-electron chi connectivity index (χ1n) is 8.77. The fourth-order valence-corrected chi connectivity index (χ4v) is 3.81. The Hall–Kier alpha value is -2.24. The van der Waals surface area contributed by atoms with E-state index in [1.807, 2.05) is 18.2 Å². The molecule has 2 atom stereocenters. The highest BCUT2D eigenvalue weighted by Gasteiger charge is 2.35. The maximum absolute atomic E-state index is 13.9. The maximum Gasteiger partial charge on any atom is 0.200 e. The minimum atomic E-state index is -0.943. The Bertz CT molecular complexity index is 822. The van der Waals surface area contributed by atoms with Crippen molar-refractivity contribution >= 4 is 5.57 Å². The third-order valence-corrected chi connectivity index (χ3v) is 5.14. The van der Waals surface area contributed by atoms with Gasteiger partial charge in [0.2, 0.25) is 5.82 Å². The molecule has 0 aliphatic carbocycles. The summed E-state index contributed by atoms with van der Waals surface area (Å²) in [6.45, 7) is 2.10. The molecule has 2 aromatic rings. The van der Waals surface area contributed by atoms with Gasteiger partial charge in [0, 0.05) is 12.6 Å². The first kappa shape index (κ1) is 17.2. The zero-order valence-corrected chi connectivity index (χ0v) is 14.6. The van der Waals surface area contributed by atoms with Gasteiger partial charge in [-0.3, -0.25) is 4.90 Å². The van der Waals surface area contributed by atoms with Crippen molar-refractivity contribution in [3.05, 3.63) is 71.3 Å². The molecule has 2 aromatic carbocycles. The fourth-order valence-electron chi connectivity index (χ4n) is 3.81. The van der Waals surface area contributed by atoms with E-state index in [0.717, 1.165) is 18.5 Å². The molecule has 1 saturated heterocycles. The van der Waals surface area contributed by atoms with E-state index in [2.05, 4.69) is 23.1 Å².